The van der Waals surface area contributed by atoms with Crippen LogP contribution in [-0.4, -0.2) is 49.2 Å². The Morgan fingerprint density at radius 2 is 2.09 bits per heavy atom. The molecule has 0 spiro atoms. The number of fused-ring (bicyclic) bond motifs is 2. The highest BCUT2D eigenvalue weighted by Gasteiger charge is 2.45. The quantitative estimate of drug-likeness (QED) is 0.875. The third-order valence-electron chi connectivity index (χ3n) is 4.72. The minimum atomic E-state index is -0.196. The Bertz CT molecular complexity index is 605. The first-order valence-corrected chi connectivity index (χ1v) is 8.03. The molecule has 0 radical (unpaired) electrons. The molecule has 1 aromatic rings. The number of carbonyl (C=O) groups is 2. The van der Waals surface area contributed by atoms with Crippen LogP contribution in [0.3, 0.4) is 0 Å². The molecule has 0 saturated carbocycles. The number of aryl methyl sites for hydroxylation is 1. The molecular formula is C17H23N3O3. The molecule has 3 amide bonds. The van der Waals surface area contributed by atoms with Gasteiger partial charge in [-0.2, -0.15) is 0 Å². The Kier molecular flexibility index (Phi) is 4.52. The third-order valence-corrected chi connectivity index (χ3v) is 4.72. The minimum absolute atomic E-state index is 0.000307. The first-order chi connectivity index (χ1) is 11.1. The van der Waals surface area contributed by atoms with Crippen molar-refractivity contribution in [1.29, 1.82) is 0 Å². The monoisotopic (exact) mass is 317 g/mol. The van der Waals surface area contributed by atoms with E-state index in [2.05, 4.69) is 10.6 Å². The van der Waals surface area contributed by atoms with E-state index < -0.39 is 0 Å². The van der Waals surface area contributed by atoms with Crippen molar-refractivity contribution in [2.24, 2.45) is 5.92 Å². The average Bonchev–Trinajstić information content (AvgIpc) is 2.87. The molecule has 6 heteroatoms. The van der Waals surface area contributed by atoms with Gasteiger partial charge >= 0.3 is 6.03 Å². The second-order valence-corrected chi connectivity index (χ2v) is 6.24. The van der Waals surface area contributed by atoms with Crippen molar-refractivity contribution in [2.75, 3.05) is 20.1 Å². The average molecular weight is 317 g/mol. The fourth-order valence-electron chi connectivity index (χ4n) is 3.38. The molecule has 2 saturated heterocycles. The predicted molar refractivity (Wildman–Crippen MR) is 85.8 cm³/mol. The molecule has 1 aromatic carbocycles. The summed E-state index contributed by atoms with van der Waals surface area (Å²) in [7, 11) is 1.64. The van der Waals surface area contributed by atoms with E-state index in [9.17, 15) is 9.59 Å². The van der Waals surface area contributed by atoms with Crippen molar-refractivity contribution in [3.8, 4) is 0 Å². The Labute approximate surface area is 136 Å². The van der Waals surface area contributed by atoms with Gasteiger partial charge in [0.2, 0.25) is 5.91 Å². The number of urea groups is 1. The highest BCUT2D eigenvalue weighted by Crippen LogP contribution is 2.32. The lowest BCUT2D eigenvalue weighted by molar-refractivity contribution is -0.127. The molecule has 2 heterocycles. The van der Waals surface area contributed by atoms with E-state index in [4.69, 9.17) is 4.74 Å². The molecule has 3 rings (SSSR count). The number of nitrogens with one attached hydrogen (secondary N) is 2. The minimum Gasteiger partial charge on any atom is -0.370 e. The second kappa shape index (κ2) is 6.58. The molecule has 2 aliphatic rings. The summed E-state index contributed by atoms with van der Waals surface area (Å²) in [4.78, 5) is 26.0. The van der Waals surface area contributed by atoms with Gasteiger partial charge in [-0.25, -0.2) is 4.79 Å². The summed E-state index contributed by atoms with van der Waals surface area (Å²) in [6.45, 7) is 3.55. The summed E-state index contributed by atoms with van der Waals surface area (Å²) in [5.41, 5.74) is 2.27. The molecule has 124 valence electrons. The lowest BCUT2D eigenvalue weighted by atomic mass is 10.00. The molecule has 0 aromatic heterocycles. The summed E-state index contributed by atoms with van der Waals surface area (Å²) in [6, 6.07) is 7.91. The molecule has 3 unspecified atom stereocenters. The van der Waals surface area contributed by atoms with Gasteiger partial charge in [-0.3, -0.25) is 4.79 Å². The van der Waals surface area contributed by atoms with Gasteiger partial charge in [0.15, 0.2) is 0 Å². The summed E-state index contributed by atoms with van der Waals surface area (Å²) in [5.74, 6) is -0.154. The highest BCUT2D eigenvalue weighted by molar-refractivity contribution is 5.80. The molecule has 3 atom stereocenters. The van der Waals surface area contributed by atoms with E-state index >= 15 is 0 Å². The van der Waals surface area contributed by atoms with Crippen molar-refractivity contribution in [2.45, 2.75) is 32.1 Å². The SMILES string of the molecule is CNC(=O)C1CC2CN(C(=O)NCc3ccccc3C)CC1O2. The van der Waals surface area contributed by atoms with Gasteiger partial charge in [-0.05, 0) is 24.5 Å². The Balaban J connectivity index is 1.57. The van der Waals surface area contributed by atoms with E-state index in [-0.39, 0.29) is 30.1 Å². The van der Waals surface area contributed by atoms with Crippen LogP contribution in [0.25, 0.3) is 0 Å². The zero-order valence-electron chi connectivity index (χ0n) is 13.5. The molecule has 2 fully saturated rings. The Hall–Kier alpha value is -2.08. The lowest BCUT2D eigenvalue weighted by Gasteiger charge is -2.32. The normalized spacial score (nSPS) is 26.0. The van der Waals surface area contributed by atoms with Crippen LogP contribution < -0.4 is 10.6 Å². The molecule has 2 bridgehead atoms. The number of hydrogen-bond acceptors (Lipinski definition) is 3. The van der Waals surface area contributed by atoms with Gasteiger partial charge in [-0.1, -0.05) is 24.3 Å². The fourth-order valence-corrected chi connectivity index (χ4v) is 3.38. The van der Waals surface area contributed by atoms with Crippen LogP contribution in [-0.2, 0) is 16.1 Å². The van der Waals surface area contributed by atoms with Crippen molar-refractivity contribution < 1.29 is 14.3 Å². The maximum atomic E-state index is 12.4. The standard InChI is InChI=1S/C17H23N3O3/c1-11-5-3-4-6-12(11)8-19-17(22)20-9-13-7-14(16(21)18-2)15(10-20)23-13/h3-6,13-15H,7-10H2,1-2H3,(H,18,21)(H,19,22). The maximum absolute atomic E-state index is 12.4. The van der Waals surface area contributed by atoms with Crippen molar-refractivity contribution in [3.05, 3.63) is 35.4 Å². The van der Waals surface area contributed by atoms with Gasteiger partial charge in [0, 0.05) is 26.7 Å². The number of benzene rings is 1. The lowest BCUT2D eigenvalue weighted by Crippen LogP contribution is -2.51. The number of carbonyl (C=O) groups excluding carboxylic acids is 2. The number of likely N-dealkylation sites (tertiary alicyclic amines) is 1. The van der Waals surface area contributed by atoms with Crippen LogP contribution in [0.4, 0.5) is 4.79 Å². The van der Waals surface area contributed by atoms with Crippen LogP contribution >= 0.6 is 0 Å². The van der Waals surface area contributed by atoms with E-state index in [0.717, 1.165) is 11.1 Å². The topological polar surface area (TPSA) is 70.7 Å². The molecule has 23 heavy (non-hydrogen) atoms. The Morgan fingerprint density at radius 1 is 1.30 bits per heavy atom. The number of hydrogen-bond donors (Lipinski definition) is 2. The number of morpholine rings is 1. The van der Waals surface area contributed by atoms with Crippen LogP contribution in [0.2, 0.25) is 0 Å². The molecule has 0 aliphatic carbocycles. The fraction of sp³-hybridized carbons (Fsp3) is 0.529. The van der Waals surface area contributed by atoms with Crippen molar-refractivity contribution >= 4 is 11.9 Å². The Morgan fingerprint density at radius 3 is 2.83 bits per heavy atom. The van der Waals surface area contributed by atoms with Gasteiger partial charge in [0.1, 0.15) is 0 Å². The number of nitrogens with zero attached hydrogens (tertiary/aromatic N) is 1. The molecule has 2 aliphatic heterocycles. The van der Waals surface area contributed by atoms with Crippen molar-refractivity contribution in [3.63, 3.8) is 0 Å². The summed E-state index contributed by atoms with van der Waals surface area (Å²) < 4.78 is 5.81. The van der Waals surface area contributed by atoms with E-state index in [1.807, 2.05) is 31.2 Å². The van der Waals surface area contributed by atoms with Crippen molar-refractivity contribution in [1.82, 2.24) is 15.5 Å². The molecule has 2 N–H and O–H groups in total. The van der Waals surface area contributed by atoms with Gasteiger partial charge < -0.3 is 20.3 Å². The predicted octanol–water partition coefficient (Wildman–Crippen LogP) is 1.04. The number of amides is 3. The second-order valence-electron chi connectivity index (χ2n) is 6.24. The zero-order chi connectivity index (χ0) is 16.4. The van der Waals surface area contributed by atoms with E-state index in [1.54, 1.807) is 11.9 Å². The maximum Gasteiger partial charge on any atom is 0.317 e. The van der Waals surface area contributed by atoms with E-state index in [0.29, 0.717) is 26.1 Å². The molecular weight excluding hydrogens is 294 g/mol. The zero-order valence-corrected chi connectivity index (χ0v) is 13.5. The van der Waals surface area contributed by atoms with Crippen LogP contribution in [0.5, 0.6) is 0 Å². The number of rotatable bonds is 3. The summed E-state index contributed by atoms with van der Waals surface area (Å²) in [5, 5.41) is 5.65. The first kappa shape index (κ1) is 15.8. The third kappa shape index (κ3) is 3.32. The highest BCUT2D eigenvalue weighted by atomic mass is 16.5. The first-order valence-electron chi connectivity index (χ1n) is 8.03. The van der Waals surface area contributed by atoms with E-state index in [1.165, 1.54) is 0 Å². The summed E-state index contributed by atoms with van der Waals surface area (Å²) >= 11 is 0. The number of ether oxygens (including phenoxy) is 1. The smallest absolute Gasteiger partial charge is 0.317 e. The van der Waals surface area contributed by atoms with Crippen LogP contribution in [0, 0.1) is 12.8 Å². The van der Waals surface area contributed by atoms with Gasteiger partial charge in [0.05, 0.1) is 18.1 Å². The summed E-state index contributed by atoms with van der Waals surface area (Å²) in [6.07, 6.45) is 0.449. The van der Waals surface area contributed by atoms with Crippen LogP contribution in [0.1, 0.15) is 17.5 Å². The van der Waals surface area contributed by atoms with Gasteiger partial charge in [-0.15, -0.1) is 0 Å². The molecule has 6 nitrogen and oxygen atoms in total. The van der Waals surface area contributed by atoms with Crippen LogP contribution in [0.15, 0.2) is 24.3 Å². The van der Waals surface area contributed by atoms with Gasteiger partial charge in [0.25, 0.3) is 0 Å². The largest absolute Gasteiger partial charge is 0.370 e.